The van der Waals surface area contributed by atoms with Crippen LogP contribution in [0, 0.1) is 0 Å². The van der Waals surface area contributed by atoms with E-state index in [9.17, 15) is 14.4 Å². The first-order valence-electron chi connectivity index (χ1n) is 9.24. The van der Waals surface area contributed by atoms with Gasteiger partial charge in [-0.1, -0.05) is 19.4 Å². The highest BCUT2D eigenvalue weighted by molar-refractivity contribution is 7.13. The minimum Gasteiger partial charge on any atom is -0.455 e. The molecule has 0 saturated heterocycles. The molecular formula is C21H18N2O5S. The molecule has 1 aliphatic heterocycles. The minimum atomic E-state index is -0.597. The van der Waals surface area contributed by atoms with Crippen molar-refractivity contribution >= 4 is 29.1 Å². The Morgan fingerprint density at radius 3 is 2.79 bits per heavy atom. The first-order valence-corrected chi connectivity index (χ1v) is 10.1. The molecule has 2 amide bonds. The lowest BCUT2D eigenvalue weighted by Gasteiger charge is -2.12. The number of aromatic nitrogens is 1. The highest BCUT2D eigenvalue weighted by Crippen LogP contribution is 2.26. The monoisotopic (exact) mass is 410 g/mol. The van der Waals surface area contributed by atoms with Crippen LogP contribution in [0.2, 0.25) is 0 Å². The summed E-state index contributed by atoms with van der Waals surface area (Å²) in [7, 11) is 0. The fourth-order valence-corrected chi connectivity index (χ4v) is 3.70. The van der Waals surface area contributed by atoms with E-state index in [0.29, 0.717) is 23.7 Å². The number of unbranched alkanes of at least 4 members (excludes halogenated alkanes) is 1. The summed E-state index contributed by atoms with van der Waals surface area (Å²) < 4.78 is 10.7. The van der Waals surface area contributed by atoms with Crippen LogP contribution in [-0.2, 0) is 11.3 Å². The summed E-state index contributed by atoms with van der Waals surface area (Å²) in [5.74, 6) is -0.812. The van der Waals surface area contributed by atoms with Crippen LogP contribution < -0.4 is 0 Å². The quantitative estimate of drug-likeness (QED) is 0.429. The number of carbonyl (C=O) groups excluding carboxylic acids is 3. The molecule has 1 aliphatic rings. The number of benzene rings is 1. The summed E-state index contributed by atoms with van der Waals surface area (Å²) in [5.41, 5.74) is 1.26. The number of nitrogens with zero attached hydrogens (tertiary/aromatic N) is 2. The van der Waals surface area contributed by atoms with Crippen molar-refractivity contribution in [1.82, 2.24) is 9.88 Å². The van der Waals surface area contributed by atoms with E-state index < -0.39 is 5.97 Å². The molecule has 0 spiro atoms. The molecule has 3 aromatic rings. The molecule has 0 unspecified atom stereocenters. The molecule has 0 radical (unpaired) electrons. The van der Waals surface area contributed by atoms with Crippen molar-refractivity contribution in [3.8, 4) is 10.8 Å². The summed E-state index contributed by atoms with van der Waals surface area (Å²) in [5, 5.41) is 1.92. The normalized spacial score (nSPS) is 13.1. The van der Waals surface area contributed by atoms with E-state index >= 15 is 0 Å². The van der Waals surface area contributed by atoms with Crippen molar-refractivity contribution in [2.45, 2.75) is 26.4 Å². The van der Waals surface area contributed by atoms with Gasteiger partial charge in [-0.3, -0.25) is 14.5 Å². The Bertz CT molecular complexity index is 1070. The van der Waals surface area contributed by atoms with Crippen LogP contribution in [0.25, 0.3) is 10.8 Å². The summed E-state index contributed by atoms with van der Waals surface area (Å²) in [6, 6.07) is 8.20. The van der Waals surface area contributed by atoms with Crippen LogP contribution in [0.3, 0.4) is 0 Å². The summed E-state index contributed by atoms with van der Waals surface area (Å²) >= 11 is 1.50. The molecule has 29 heavy (non-hydrogen) atoms. The Labute approximate surface area is 170 Å². The summed E-state index contributed by atoms with van der Waals surface area (Å²) in [4.78, 5) is 43.7. The molecule has 148 valence electrons. The molecule has 3 heterocycles. The van der Waals surface area contributed by atoms with Gasteiger partial charge in [-0.05, 0) is 36.1 Å². The number of hydrogen-bond acceptors (Lipinski definition) is 7. The first kappa shape index (κ1) is 19.1. The average Bonchev–Trinajstić information content (AvgIpc) is 3.46. The number of hydrogen-bond donors (Lipinski definition) is 0. The van der Waals surface area contributed by atoms with Gasteiger partial charge in [0.05, 0.1) is 21.6 Å². The Morgan fingerprint density at radius 1 is 1.21 bits per heavy atom. The van der Waals surface area contributed by atoms with E-state index in [1.165, 1.54) is 40.7 Å². The standard InChI is InChI=1S/C21H18N2O5S/c1-2-3-8-23-19(24)15-7-6-13(10-16(15)20(23)25)21(26)28-12-14-11-27-18(22-14)17-5-4-9-29-17/h4-7,9-11H,2-3,8,12H2,1H3. The van der Waals surface area contributed by atoms with Crippen molar-refractivity contribution in [3.63, 3.8) is 0 Å². The molecule has 0 fully saturated rings. The molecular weight excluding hydrogens is 392 g/mol. The molecule has 4 rings (SSSR count). The molecule has 0 bridgehead atoms. The second-order valence-electron chi connectivity index (χ2n) is 6.57. The van der Waals surface area contributed by atoms with E-state index in [4.69, 9.17) is 9.15 Å². The first-order chi connectivity index (χ1) is 14.1. The van der Waals surface area contributed by atoms with Gasteiger partial charge in [0, 0.05) is 6.54 Å². The van der Waals surface area contributed by atoms with Crippen molar-refractivity contribution in [2.24, 2.45) is 0 Å². The van der Waals surface area contributed by atoms with Gasteiger partial charge in [0.15, 0.2) is 0 Å². The Balaban J connectivity index is 1.44. The van der Waals surface area contributed by atoms with E-state index in [2.05, 4.69) is 4.98 Å². The molecule has 7 nitrogen and oxygen atoms in total. The predicted octanol–water partition coefficient (Wildman–Crippen LogP) is 4.16. The Kier molecular flexibility index (Phi) is 5.26. The van der Waals surface area contributed by atoms with Crippen LogP contribution in [0.1, 0.15) is 56.5 Å². The minimum absolute atomic E-state index is 0.0553. The highest BCUT2D eigenvalue weighted by atomic mass is 32.1. The molecule has 2 aromatic heterocycles. The number of thiophene rings is 1. The SMILES string of the molecule is CCCCN1C(=O)c2ccc(C(=O)OCc3coc(-c4cccs4)n3)cc2C1=O. The van der Waals surface area contributed by atoms with E-state index in [-0.39, 0.29) is 29.5 Å². The molecule has 1 aromatic carbocycles. The summed E-state index contributed by atoms with van der Waals surface area (Å²) in [6.45, 7) is 2.31. The van der Waals surface area contributed by atoms with Crippen molar-refractivity contribution in [1.29, 1.82) is 0 Å². The molecule has 0 N–H and O–H groups in total. The van der Waals surface area contributed by atoms with Gasteiger partial charge >= 0.3 is 5.97 Å². The maximum absolute atomic E-state index is 12.5. The maximum atomic E-state index is 12.5. The fraction of sp³-hybridized carbons (Fsp3) is 0.238. The van der Waals surface area contributed by atoms with Crippen LogP contribution in [-0.4, -0.2) is 34.2 Å². The zero-order chi connectivity index (χ0) is 20.4. The molecule has 0 aliphatic carbocycles. The predicted molar refractivity (Wildman–Crippen MR) is 106 cm³/mol. The lowest BCUT2D eigenvalue weighted by molar-refractivity contribution is 0.0467. The smallest absolute Gasteiger partial charge is 0.338 e. The van der Waals surface area contributed by atoms with Gasteiger partial charge in [0.2, 0.25) is 5.89 Å². The van der Waals surface area contributed by atoms with Crippen LogP contribution in [0.5, 0.6) is 0 Å². The number of amides is 2. The zero-order valence-corrected chi connectivity index (χ0v) is 16.5. The van der Waals surface area contributed by atoms with Gasteiger partial charge in [-0.2, -0.15) is 0 Å². The van der Waals surface area contributed by atoms with E-state index in [1.807, 2.05) is 24.4 Å². The second kappa shape index (κ2) is 8.00. The maximum Gasteiger partial charge on any atom is 0.338 e. The number of fused-ring (bicyclic) bond motifs is 1. The number of oxazole rings is 1. The van der Waals surface area contributed by atoms with Gasteiger partial charge in [0.25, 0.3) is 11.8 Å². The lowest BCUT2D eigenvalue weighted by atomic mass is 10.1. The van der Waals surface area contributed by atoms with Crippen molar-refractivity contribution in [3.05, 3.63) is 64.4 Å². The molecule has 0 atom stereocenters. The van der Waals surface area contributed by atoms with Gasteiger partial charge < -0.3 is 9.15 Å². The fourth-order valence-electron chi connectivity index (χ4n) is 3.05. The largest absolute Gasteiger partial charge is 0.455 e. The number of esters is 1. The third kappa shape index (κ3) is 3.71. The van der Waals surface area contributed by atoms with Gasteiger partial charge in [0.1, 0.15) is 18.6 Å². The van der Waals surface area contributed by atoms with E-state index in [1.54, 1.807) is 0 Å². The number of imide groups is 1. The Hall–Kier alpha value is -3.26. The van der Waals surface area contributed by atoms with Gasteiger partial charge in [-0.25, -0.2) is 9.78 Å². The van der Waals surface area contributed by atoms with Crippen LogP contribution >= 0.6 is 11.3 Å². The lowest BCUT2D eigenvalue weighted by Crippen LogP contribution is -2.30. The van der Waals surface area contributed by atoms with Crippen molar-refractivity contribution < 1.29 is 23.5 Å². The number of rotatable bonds is 7. The van der Waals surface area contributed by atoms with Crippen molar-refractivity contribution in [2.75, 3.05) is 6.54 Å². The average molecular weight is 410 g/mol. The van der Waals surface area contributed by atoms with Gasteiger partial charge in [-0.15, -0.1) is 11.3 Å². The second-order valence-corrected chi connectivity index (χ2v) is 7.52. The number of carbonyl (C=O) groups is 3. The Morgan fingerprint density at radius 2 is 2.03 bits per heavy atom. The van der Waals surface area contributed by atoms with Crippen LogP contribution in [0.15, 0.2) is 46.4 Å². The molecule has 0 saturated carbocycles. The van der Waals surface area contributed by atoms with Crippen LogP contribution in [0.4, 0.5) is 0 Å². The highest BCUT2D eigenvalue weighted by Gasteiger charge is 2.35. The summed E-state index contributed by atoms with van der Waals surface area (Å²) in [6.07, 6.45) is 3.06. The zero-order valence-electron chi connectivity index (χ0n) is 15.7. The third-order valence-corrected chi connectivity index (χ3v) is 5.43. The van der Waals surface area contributed by atoms with E-state index in [0.717, 1.165) is 17.7 Å². The topological polar surface area (TPSA) is 89.7 Å². The number of ether oxygens (including phenoxy) is 1. The molecule has 8 heteroatoms. The third-order valence-electron chi connectivity index (χ3n) is 4.58.